The van der Waals surface area contributed by atoms with Gasteiger partial charge in [0.25, 0.3) is 0 Å². The topological polar surface area (TPSA) is 34.1 Å². The van der Waals surface area contributed by atoms with Crippen LogP contribution in [0.25, 0.3) is 0 Å². The fraction of sp³-hybridized carbons (Fsp3) is 0.800. The van der Waals surface area contributed by atoms with Gasteiger partial charge in [-0.15, -0.1) is 0 Å². The first-order chi connectivity index (χ1) is 5.45. The summed E-state index contributed by atoms with van der Waals surface area (Å²) < 4.78 is 0. The molecule has 0 heterocycles. The van der Waals surface area contributed by atoms with Gasteiger partial charge in [-0.25, -0.2) is 0 Å². The molecule has 0 saturated carbocycles. The predicted molar refractivity (Wildman–Crippen MR) is 48.9 cm³/mol. The van der Waals surface area contributed by atoms with Gasteiger partial charge in [-0.1, -0.05) is 13.8 Å². The molecular formula is C10H18O2. The van der Waals surface area contributed by atoms with Gasteiger partial charge in [0.05, 0.1) is 0 Å². The lowest BCUT2D eigenvalue weighted by Crippen LogP contribution is -2.18. The summed E-state index contributed by atoms with van der Waals surface area (Å²) in [5.41, 5.74) is 0. The van der Waals surface area contributed by atoms with Crippen LogP contribution in [-0.4, -0.2) is 11.6 Å². The van der Waals surface area contributed by atoms with Gasteiger partial charge < -0.3 is 4.79 Å². The van der Waals surface area contributed by atoms with E-state index in [1.807, 2.05) is 13.8 Å². The van der Waals surface area contributed by atoms with E-state index >= 15 is 0 Å². The van der Waals surface area contributed by atoms with E-state index in [9.17, 15) is 9.59 Å². The molecule has 0 amide bonds. The SMILES string of the molecule is CC(=O)CC[C@H](C(C)=O)C(C)C. The number of carbonyl (C=O) groups excluding carboxylic acids is 2. The zero-order valence-electron chi connectivity index (χ0n) is 8.39. The van der Waals surface area contributed by atoms with Crippen molar-refractivity contribution in [2.24, 2.45) is 11.8 Å². The molecule has 1 atom stereocenters. The summed E-state index contributed by atoms with van der Waals surface area (Å²) in [6.45, 7) is 7.21. The van der Waals surface area contributed by atoms with E-state index in [0.717, 1.165) is 0 Å². The van der Waals surface area contributed by atoms with Crippen molar-refractivity contribution < 1.29 is 9.59 Å². The summed E-state index contributed by atoms with van der Waals surface area (Å²) in [6.07, 6.45) is 1.24. The van der Waals surface area contributed by atoms with Gasteiger partial charge in [-0.2, -0.15) is 0 Å². The quantitative estimate of drug-likeness (QED) is 0.634. The molecule has 0 aromatic heterocycles. The molecule has 0 aliphatic carbocycles. The molecule has 0 aliphatic rings. The number of carbonyl (C=O) groups is 2. The molecule has 0 N–H and O–H groups in total. The number of Topliss-reactive ketones (excluding diaryl/α,β-unsaturated/α-hetero) is 2. The first kappa shape index (κ1) is 11.3. The fourth-order valence-corrected chi connectivity index (χ4v) is 1.36. The van der Waals surface area contributed by atoms with Crippen molar-refractivity contribution in [1.82, 2.24) is 0 Å². The van der Waals surface area contributed by atoms with Crippen LogP contribution in [0.1, 0.15) is 40.5 Å². The zero-order chi connectivity index (χ0) is 9.72. The maximum absolute atomic E-state index is 11.1. The highest BCUT2D eigenvalue weighted by atomic mass is 16.1. The van der Waals surface area contributed by atoms with Crippen molar-refractivity contribution in [3.8, 4) is 0 Å². The second-order valence-corrected chi connectivity index (χ2v) is 3.70. The van der Waals surface area contributed by atoms with Crippen LogP contribution in [0.3, 0.4) is 0 Å². The van der Waals surface area contributed by atoms with E-state index < -0.39 is 0 Å². The monoisotopic (exact) mass is 170 g/mol. The fourth-order valence-electron chi connectivity index (χ4n) is 1.36. The predicted octanol–water partition coefficient (Wildman–Crippen LogP) is 2.22. The van der Waals surface area contributed by atoms with Gasteiger partial charge in [-0.05, 0) is 26.2 Å². The maximum Gasteiger partial charge on any atom is 0.133 e. The summed E-state index contributed by atoms with van der Waals surface area (Å²) in [7, 11) is 0. The molecule has 0 bridgehead atoms. The zero-order valence-corrected chi connectivity index (χ0v) is 8.39. The van der Waals surface area contributed by atoms with Crippen LogP contribution in [0.5, 0.6) is 0 Å². The molecule has 0 radical (unpaired) electrons. The van der Waals surface area contributed by atoms with Crippen LogP contribution in [0, 0.1) is 11.8 Å². The van der Waals surface area contributed by atoms with Gasteiger partial charge in [-0.3, -0.25) is 4.79 Å². The minimum atomic E-state index is 0.0638. The van der Waals surface area contributed by atoms with Gasteiger partial charge in [0.2, 0.25) is 0 Å². The third-order valence-electron chi connectivity index (χ3n) is 2.13. The van der Waals surface area contributed by atoms with Crippen LogP contribution in [0.4, 0.5) is 0 Å². The summed E-state index contributed by atoms with van der Waals surface area (Å²) in [4.78, 5) is 21.8. The molecule has 0 aromatic carbocycles. The summed E-state index contributed by atoms with van der Waals surface area (Å²) in [5.74, 6) is 0.781. The Bertz CT molecular complexity index is 171. The minimum Gasteiger partial charge on any atom is -0.300 e. The van der Waals surface area contributed by atoms with Crippen molar-refractivity contribution in [3.63, 3.8) is 0 Å². The van der Waals surface area contributed by atoms with Crippen molar-refractivity contribution in [3.05, 3.63) is 0 Å². The molecule has 12 heavy (non-hydrogen) atoms. The molecule has 0 unspecified atom stereocenters. The Balaban J connectivity index is 3.97. The van der Waals surface area contributed by atoms with Crippen LogP contribution >= 0.6 is 0 Å². The smallest absolute Gasteiger partial charge is 0.133 e. The van der Waals surface area contributed by atoms with E-state index in [-0.39, 0.29) is 17.5 Å². The molecular weight excluding hydrogens is 152 g/mol. The normalized spacial score (nSPS) is 13.1. The Hall–Kier alpha value is -0.660. The number of rotatable bonds is 5. The van der Waals surface area contributed by atoms with Crippen molar-refractivity contribution in [2.45, 2.75) is 40.5 Å². The molecule has 0 fully saturated rings. The average molecular weight is 170 g/mol. The van der Waals surface area contributed by atoms with E-state index in [4.69, 9.17) is 0 Å². The lowest BCUT2D eigenvalue weighted by molar-refractivity contribution is -0.122. The summed E-state index contributed by atoms with van der Waals surface area (Å²) >= 11 is 0. The van der Waals surface area contributed by atoms with E-state index in [1.165, 1.54) is 0 Å². The third-order valence-corrected chi connectivity index (χ3v) is 2.13. The molecule has 2 nitrogen and oxygen atoms in total. The number of hydrogen-bond donors (Lipinski definition) is 0. The van der Waals surface area contributed by atoms with Crippen LogP contribution < -0.4 is 0 Å². The number of hydrogen-bond acceptors (Lipinski definition) is 2. The lowest BCUT2D eigenvalue weighted by Gasteiger charge is -2.16. The lowest BCUT2D eigenvalue weighted by atomic mass is 9.87. The highest BCUT2D eigenvalue weighted by molar-refractivity contribution is 5.80. The Morgan fingerprint density at radius 1 is 1.17 bits per heavy atom. The second kappa shape index (κ2) is 5.07. The average Bonchev–Trinajstić information content (AvgIpc) is 1.84. The maximum atomic E-state index is 11.1. The molecule has 0 aromatic rings. The minimum absolute atomic E-state index is 0.0638. The van der Waals surface area contributed by atoms with E-state index in [1.54, 1.807) is 13.8 Å². The van der Waals surface area contributed by atoms with Gasteiger partial charge in [0.1, 0.15) is 11.6 Å². The molecule has 0 rings (SSSR count). The van der Waals surface area contributed by atoms with Crippen molar-refractivity contribution in [2.75, 3.05) is 0 Å². The van der Waals surface area contributed by atoms with Gasteiger partial charge in [0, 0.05) is 12.3 Å². The Kier molecular flexibility index (Phi) is 4.79. The summed E-state index contributed by atoms with van der Waals surface area (Å²) in [6, 6.07) is 0. The largest absolute Gasteiger partial charge is 0.300 e. The van der Waals surface area contributed by atoms with E-state index in [2.05, 4.69) is 0 Å². The van der Waals surface area contributed by atoms with Crippen molar-refractivity contribution in [1.29, 1.82) is 0 Å². The molecule has 70 valence electrons. The van der Waals surface area contributed by atoms with Crippen LogP contribution in [-0.2, 0) is 9.59 Å². The third kappa shape index (κ3) is 4.27. The molecule has 0 aliphatic heterocycles. The second-order valence-electron chi connectivity index (χ2n) is 3.70. The summed E-state index contributed by atoms with van der Waals surface area (Å²) in [5, 5.41) is 0. The van der Waals surface area contributed by atoms with Crippen LogP contribution in [0.2, 0.25) is 0 Å². The molecule has 0 spiro atoms. The Morgan fingerprint density at radius 2 is 1.67 bits per heavy atom. The van der Waals surface area contributed by atoms with Crippen LogP contribution in [0.15, 0.2) is 0 Å². The Labute approximate surface area is 74.3 Å². The van der Waals surface area contributed by atoms with E-state index in [0.29, 0.717) is 18.8 Å². The Morgan fingerprint density at radius 3 is 1.92 bits per heavy atom. The standard InChI is InChI=1S/C10H18O2/c1-7(2)10(9(4)12)6-5-8(3)11/h7,10H,5-6H2,1-4H3/t10-/m0/s1. The number of ketones is 2. The van der Waals surface area contributed by atoms with Gasteiger partial charge in [0.15, 0.2) is 0 Å². The first-order valence-electron chi connectivity index (χ1n) is 4.45. The van der Waals surface area contributed by atoms with Crippen molar-refractivity contribution >= 4 is 11.6 Å². The molecule has 0 saturated heterocycles. The highest BCUT2D eigenvalue weighted by Gasteiger charge is 2.18. The molecule has 2 heteroatoms. The highest BCUT2D eigenvalue weighted by Crippen LogP contribution is 2.18. The van der Waals surface area contributed by atoms with Gasteiger partial charge >= 0.3 is 0 Å². The first-order valence-corrected chi connectivity index (χ1v) is 4.45.